The standard InChI is InChI=1S/C8H6F3NO2.K/c9-8(10,11)5-1-2-6(12-4-5)3-7(13)14;/h1-2,4H,3H2,(H,13,14);/q;+1/p-1. The summed E-state index contributed by atoms with van der Waals surface area (Å²) in [5.41, 5.74) is -0.863. The van der Waals surface area contributed by atoms with Crippen LogP contribution in [-0.2, 0) is 17.4 Å². The van der Waals surface area contributed by atoms with Crippen LogP contribution in [0.4, 0.5) is 13.2 Å². The number of nitrogens with zero attached hydrogens (tertiary/aromatic N) is 1. The van der Waals surface area contributed by atoms with Gasteiger partial charge in [0.05, 0.1) is 5.56 Å². The van der Waals surface area contributed by atoms with Gasteiger partial charge in [0.15, 0.2) is 0 Å². The van der Waals surface area contributed by atoms with E-state index in [-0.39, 0.29) is 57.1 Å². The van der Waals surface area contributed by atoms with Crippen molar-refractivity contribution in [3.63, 3.8) is 0 Å². The van der Waals surface area contributed by atoms with Crippen LogP contribution >= 0.6 is 0 Å². The van der Waals surface area contributed by atoms with Crippen molar-refractivity contribution in [2.24, 2.45) is 0 Å². The molecule has 0 N–H and O–H groups in total. The number of aromatic nitrogens is 1. The van der Waals surface area contributed by atoms with Gasteiger partial charge in [0.25, 0.3) is 0 Å². The van der Waals surface area contributed by atoms with Crippen LogP contribution in [-0.4, -0.2) is 11.0 Å². The maximum absolute atomic E-state index is 12.0. The topological polar surface area (TPSA) is 53.0 Å². The van der Waals surface area contributed by atoms with E-state index in [2.05, 4.69) is 4.98 Å². The molecule has 0 unspecified atom stereocenters. The van der Waals surface area contributed by atoms with E-state index >= 15 is 0 Å². The molecule has 0 fully saturated rings. The Morgan fingerprint density at radius 1 is 1.40 bits per heavy atom. The number of pyridine rings is 1. The van der Waals surface area contributed by atoms with E-state index in [0.717, 1.165) is 12.1 Å². The second kappa shape index (κ2) is 5.95. The van der Waals surface area contributed by atoms with Crippen molar-refractivity contribution in [1.82, 2.24) is 4.98 Å². The molecule has 0 aliphatic heterocycles. The van der Waals surface area contributed by atoms with Crippen molar-refractivity contribution < 1.29 is 74.5 Å². The number of carbonyl (C=O) groups is 1. The number of alkyl halides is 3. The summed E-state index contributed by atoms with van der Waals surface area (Å²) >= 11 is 0. The van der Waals surface area contributed by atoms with Crippen LogP contribution in [0.3, 0.4) is 0 Å². The first-order valence-electron chi connectivity index (χ1n) is 3.61. The number of hydrogen-bond acceptors (Lipinski definition) is 3. The van der Waals surface area contributed by atoms with Gasteiger partial charge in [0, 0.05) is 24.3 Å². The number of carboxylic acid groups (broad SMARTS) is 1. The third-order valence-electron chi connectivity index (χ3n) is 1.48. The zero-order valence-corrected chi connectivity index (χ0v) is 11.0. The normalized spacial score (nSPS) is 10.6. The minimum atomic E-state index is -4.45. The Labute approximate surface area is 126 Å². The monoisotopic (exact) mass is 243 g/mol. The third-order valence-corrected chi connectivity index (χ3v) is 1.48. The van der Waals surface area contributed by atoms with Crippen LogP contribution in [0.1, 0.15) is 11.3 Å². The smallest absolute Gasteiger partial charge is 0.550 e. The molecule has 0 saturated carbocycles. The van der Waals surface area contributed by atoms with Crippen LogP contribution in [0.2, 0.25) is 0 Å². The number of aliphatic carboxylic acids is 1. The molecule has 3 nitrogen and oxygen atoms in total. The predicted octanol–water partition coefficient (Wildman–Crippen LogP) is -2.60. The van der Waals surface area contributed by atoms with Crippen molar-refractivity contribution in [2.45, 2.75) is 12.6 Å². The maximum Gasteiger partial charge on any atom is 1.00 e. The van der Waals surface area contributed by atoms with Gasteiger partial charge in [-0.2, -0.15) is 13.2 Å². The zero-order valence-electron chi connectivity index (χ0n) is 7.84. The molecular formula is C8H5F3KNO2. The molecule has 7 heteroatoms. The zero-order chi connectivity index (χ0) is 10.8. The SMILES string of the molecule is O=C([O-])Cc1ccc(C(F)(F)F)cn1.[K+]. The third kappa shape index (κ3) is 5.07. The molecule has 1 aromatic heterocycles. The van der Waals surface area contributed by atoms with Gasteiger partial charge >= 0.3 is 57.6 Å². The molecule has 0 aromatic carbocycles. The molecule has 0 spiro atoms. The van der Waals surface area contributed by atoms with Gasteiger partial charge in [0.1, 0.15) is 0 Å². The second-order valence-electron chi connectivity index (χ2n) is 2.58. The van der Waals surface area contributed by atoms with Crippen LogP contribution in [0, 0.1) is 0 Å². The van der Waals surface area contributed by atoms with Crippen LogP contribution < -0.4 is 56.5 Å². The molecule has 1 rings (SSSR count). The summed E-state index contributed by atoms with van der Waals surface area (Å²) in [6.07, 6.45) is -4.34. The van der Waals surface area contributed by atoms with Crippen molar-refractivity contribution >= 4 is 5.97 Å². The summed E-state index contributed by atoms with van der Waals surface area (Å²) in [5, 5.41) is 10.1. The molecule has 1 heterocycles. The number of halogens is 3. The largest absolute Gasteiger partial charge is 1.00 e. The average Bonchev–Trinajstić information content (AvgIpc) is 2.02. The quantitative estimate of drug-likeness (QED) is 0.535. The summed E-state index contributed by atoms with van der Waals surface area (Å²) in [4.78, 5) is 13.4. The molecule has 0 radical (unpaired) electrons. The van der Waals surface area contributed by atoms with Gasteiger partial charge in [0.2, 0.25) is 0 Å². The van der Waals surface area contributed by atoms with Gasteiger partial charge in [-0.3, -0.25) is 4.98 Å². The average molecular weight is 243 g/mol. The van der Waals surface area contributed by atoms with Gasteiger partial charge in [-0.15, -0.1) is 0 Å². The molecule has 0 aliphatic carbocycles. The Morgan fingerprint density at radius 3 is 2.33 bits per heavy atom. The summed E-state index contributed by atoms with van der Waals surface area (Å²) in [6.45, 7) is 0. The van der Waals surface area contributed by atoms with Gasteiger partial charge in [-0.25, -0.2) is 0 Å². The first kappa shape index (κ1) is 15.0. The number of hydrogen-bond donors (Lipinski definition) is 0. The summed E-state index contributed by atoms with van der Waals surface area (Å²) in [6, 6.07) is 1.80. The van der Waals surface area contributed by atoms with E-state index < -0.39 is 24.1 Å². The summed E-state index contributed by atoms with van der Waals surface area (Å²) < 4.78 is 36.0. The van der Waals surface area contributed by atoms with E-state index in [1.165, 1.54) is 0 Å². The Bertz CT molecular complexity index is 337. The van der Waals surface area contributed by atoms with E-state index in [9.17, 15) is 23.1 Å². The van der Waals surface area contributed by atoms with Crippen molar-refractivity contribution in [2.75, 3.05) is 0 Å². The van der Waals surface area contributed by atoms with Crippen molar-refractivity contribution in [1.29, 1.82) is 0 Å². The number of rotatable bonds is 2. The fourth-order valence-corrected chi connectivity index (χ4v) is 0.845. The van der Waals surface area contributed by atoms with E-state index in [4.69, 9.17) is 0 Å². The van der Waals surface area contributed by atoms with Crippen molar-refractivity contribution in [3.05, 3.63) is 29.6 Å². The van der Waals surface area contributed by atoms with Crippen LogP contribution in [0.5, 0.6) is 0 Å². The molecule has 0 saturated heterocycles. The Morgan fingerprint density at radius 2 is 2.00 bits per heavy atom. The van der Waals surface area contributed by atoms with Gasteiger partial charge < -0.3 is 9.90 Å². The molecular weight excluding hydrogens is 238 g/mol. The molecule has 0 bridgehead atoms. The van der Waals surface area contributed by atoms with E-state index in [0.29, 0.717) is 6.20 Å². The Kier molecular flexibility index (Phi) is 5.97. The Hall–Kier alpha value is 0.0464. The van der Waals surface area contributed by atoms with Crippen LogP contribution in [0.25, 0.3) is 0 Å². The van der Waals surface area contributed by atoms with Gasteiger partial charge in [-0.1, -0.05) is 0 Å². The molecule has 0 atom stereocenters. The molecule has 1 aromatic rings. The Balaban J connectivity index is 0.00000196. The number of carboxylic acids is 1. The summed E-state index contributed by atoms with van der Waals surface area (Å²) in [5.74, 6) is -1.38. The number of carbonyl (C=O) groups excluding carboxylic acids is 1. The maximum atomic E-state index is 12.0. The second-order valence-corrected chi connectivity index (χ2v) is 2.58. The molecule has 15 heavy (non-hydrogen) atoms. The van der Waals surface area contributed by atoms with E-state index in [1.54, 1.807) is 0 Å². The molecule has 0 aliphatic rings. The molecule has 0 amide bonds. The minimum Gasteiger partial charge on any atom is -0.550 e. The minimum absolute atomic E-state index is 0. The predicted molar refractivity (Wildman–Crippen MR) is 38.0 cm³/mol. The van der Waals surface area contributed by atoms with Crippen LogP contribution in [0.15, 0.2) is 18.3 Å². The van der Waals surface area contributed by atoms with Crippen molar-refractivity contribution in [3.8, 4) is 0 Å². The fourth-order valence-electron chi connectivity index (χ4n) is 0.845. The fraction of sp³-hybridized carbons (Fsp3) is 0.250. The van der Waals surface area contributed by atoms with E-state index in [1.807, 2.05) is 0 Å². The van der Waals surface area contributed by atoms with Gasteiger partial charge in [-0.05, 0) is 12.1 Å². The first-order valence-corrected chi connectivity index (χ1v) is 3.61. The first-order chi connectivity index (χ1) is 6.39. The summed E-state index contributed by atoms with van der Waals surface area (Å²) in [7, 11) is 0. The molecule has 76 valence electrons.